The number of aromatic nitrogens is 5. The summed E-state index contributed by atoms with van der Waals surface area (Å²) in [5.41, 5.74) is 6.79. The minimum absolute atomic E-state index is 0.602. The van der Waals surface area contributed by atoms with Crippen molar-refractivity contribution < 1.29 is 0 Å². The van der Waals surface area contributed by atoms with Crippen molar-refractivity contribution in [1.82, 2.24) is 24.5 Å². The second kappa shape index (κ2) is 11.9. The van der Waals surface area contributed by atoms with Crippen molar-refractivity contribution >= 4 is 43.4 Å². The molecule has 10 aromatic rings. The summed E-state index contributed by atoms with van der Waals surface area (Å²) in [6.07, 6.45) is 0. The van der Waals surface area contributed by atoms with Gasteiger partial charge in [0.15, 0.2) is 17.5 Å². The van der Waals surface area contributed by atoms with E-state index in [9.17, 15) is 0 Å². The van der Waals surface area contributed by atoms with Gasteiger partial charge in [-0.1, -0.05) is 146 Å². The van der Waals surface area contributed by atoms with Crippen LogP contribution in [0.1, 0.15) is 0 Å². The fourth-order valence-corrected chi connectivity index (χ4v) is 7.34. The van der Waals surface area contributed by atoms with Gasteiger partial charge in [-0.2, -0.15) is 0 Å². The predicted molar refractivity (Wildman–Crippen MR) is 209 cm³/mol. The third-order valence-electron chi connectivity index (χ3n) is 9.63. The summed E-state index contributed by atoms with van der Waals surface area (Å²) < 4.78 is 2.22. The lowest BCUT2D eigenvalue weighted by atomic mass is 9.91. The highest BCUT2D eigenvalue weighted by Gasteiger charge is 2.19. The molecule has 0 atom stereocenters. The van der Waals surface area contributed by atoms with Crippen LogP contribution in [0.3, 0.4) is 0 Å². The first-order chi connectivity index (χ1) is 25.3. The molecule has 0 N–H and O–H groups in total. The standard InChI is InChI=1S/C46H29N5/c1-3-15-30(16-4-1)43-48-44(31-17-13-18-32(29-31)46-47-40-27-11-12-28-41(40)51(46)33-19-5-2-6-20-33)50-45(49-43)39-26-14-25-38-36-22-8-7-21-34(36)35-23-9-10-24-37(35)42(38)39/h1-29H. The molecule has 238 valence electrons. The Morgan fingerprint density at radius 1 is 0.353 bits per heavy atom. The number of benzene rings is 8. The van der Waals surface area contributed by atoms with E-state index in [0.717, 1.165) is 50.2 Å². The van der Waals surface area contributed by atoms with Gasteiger partial charge in [0.05, 0.1) is 11.0 Å². The number of hydrogen-bond donors (Lipinski definition) is 0. The van der Waals surface area contributed by atoms with Crippen LogP contribution in [0.5, 0.6) is 0 Å². The average Bonchev–Trinajstić information content (AvgIpc) is 3.61. The summed E-state index contributed by atoms with van der Waals surface area (Å²) in [6.45, 7) is 0. The molecule has 51 heavy (non-hydrogen) atoms. The van der Waals surface area contributed by atoms with Gasteiger partial charge in [-0.05, 0) is 57.3 Å². The third-order valence-corrected chi connectivity index (χ3v) is 9.63. The highest BCUT2D eigenvalue weighted by Crippen LogP contribution is 2.40. The van der Waals surface area contributed by atoms with E-state index in [1.54, 1.807) is 0 Å². The molecule has 0 radical (unpaired) electrons. The molecule has 10 rings (SSSR count). The molecule has 5 nitrogen and oxygen atoms in total. The van der Waals surface area contributed by atoms with Crippen molar-refractivity contribution in [1.29, 1.82) is 0 Å². The molecule has 0 amide bonds. The molecule has 0 spiro atoms. The van der Waals surface area contributed by atoms with Crippen LogP contribution in [0.4, 0.5) is 0 Å². The van der Waals surface area contributed by atoms with Crippen molar-refractivity contribution in [3.05, 3.63) is 176 Å². The summed E-state index contributed by atoms with van der Waals surface area (Å²) in [6, 6.07) is 60.9. The first-order valence-corrected chi connectivity index (χ1v) is 17.1. The fraction of sp³-hybridized carbons (Fsp3) is 0. The van der Waals surface area contributed by atoms with Gasteiger partial charge in [0.2, 0.25) is 0 Å². The van der Waals surface area contributed by atoms with E-state index in [1.165, 1.54) is 26.9 Å². The highest BCUT2D eigenvalue weighted by molar-refractivity contribution is 6.28. The van der Waals surface area contributed by atoms with Gasteiger partial charge in [-0.3, -0.25) is 4.57 Å². The van der Waals surface area contributed by atoms with Crippen LogP contribution in [0.25, 0.3) is 94.6 Å². The lowest BCUT2D eigenvalue weighted by Crippen LogP contribution is -2.01. The Bertz CT molecular complexity index is 2870. The number of hydrogen-bond acceptors (Lipinski definition) is 4. The zero-order valence-corrected chi connectivity index (χ0v) is 27.5. The second-order valence-corrected chi connectivity index (χ2v) is 12.7. The van der Waals surface area contributed by atoms with Gasteiger partial charge in [-0.15, -0.1) is 0 Å². The molecule has 2 heterocycles. The third kappa shape index (κ3) is 4.86. The minimum atomic E-state index is 0.602. The highest BCUT2D eigenvalue weighted by atomic mass is 15.1. The molecule has 5 heteroatoms. The van der Waals surface area contributed by atoms with Crippen LogP contribution in [0, 0.1) is 0 Å². The van der Waals surface area contributed by atoms with Gasteiger partial charge in [0.25, 0.3) is 0 Å². The number of imidazole rings is 1. The van der Waals surface area contributed by atoms with Crippen molar-refractivity contribution in [2.24, 2.45) is 0 Å². The van der Waals surface area contributed by atoms with Crippen molar-refractivity contribution in [2.75, 3.05) is 0 Å². The van der Waals surface area contributed by atoms with E-state index >= 15 is 0 Å². The maximum Gasteiger partial charge on any atom is 0.164 e. The Kier molecular flexibility index (Phi) is 6.74. The number of fused-ring (bicyclic) bond motifs is 7. The molecule has 2 aromatic heterocycles. The molecule has 0 unspecified atom stereocenters. The quantitative estimate of drug-likeness (QED) is 0.174. The predicted octanol–water partition coefficient (Wildman–Crippen LogP) is 11.3. The Balaban J connectivity index is 1.21. The van der Waals surface area contributed by atoms with Gasteiger partial charge in [0.1, 0.15) is 5.82 Å². The minimum Gasteiger partial charge on any atom is -0.292 e. The monoisotopic (exact) mass is 651 g/mol. The van der Waals surface area contributed by atoms with Gasteiger partial charge >= 0.3 is 0 Å². The Morgan fingerprint density at radius 3 is 1.61 bits per heavy atom. The molecule has 0 bridgehead atoms. The Morgan fingerprint density at radius 2 is 0.863 bits per heavy atom. The SMILES string of the molecule is c1ccc(-c2nc(-c3cccc(-c4nc5ccccc5n4-c4ccccc4)c3)nc(-c3cccc4c5ccccc5c5ccccc5c34)n2)cc1. The molecule has 0 aliphatic heterocycles. The number of nitrogens with zero attached hydrogens (tertiary/aromatic N) is 5. The molecule has 0 saturated heterocycles. The zero-order valence-electron chi connectivity index (χ0n) is 27.5. The molecule has 0 aliphatic carbocycles. The Hall–Kier alpha value is -6.98. The largest absolute Gasteiger partial charge is 0.292 e. The normalized spacial score (nSPS) is 11.5. The molecule has 8 aromatic carbocycles. The van der Waals surface area contributed by atoms with E-state index < -0.39 is 0 Å². The van der Waals surface area contributed by atoms with Crippen molar-refractivity contribution in [2.45, 2.75) is 0 Å². The summed E-state index contributed by atoms with van der Waals surface area (Å²) in [7, 11) is 0. The van der Waals surface area contributed by atoms with E-state index in [2.05, 4.69) is 138 Å². The van der Waals surface area contributed by atoms with E-state index in [-0.39, 0.29) is 0 Å². The van der Waals surface area contributed by atoms with Crippen LogP contribution in [0.15, 0.2) is 176 Å². The molecule has 0 aliphatic rings. The molecular formula is C46H29N5. The first kappa shape index (κ1) is 29.0. The maximum absolute atomic E-state index is 5.25. The topological polar surface area (TPSA) is 56.5 Å². The smallest absolute Gasteiger partial charge is 0.164 e. The fourth-order valence-electron chi connectivity index (χ4n) is 7.34. The van der Waals surface area contributed by atoms with Crippen LogP contribution in [-0.2, 0) is 0 Å². The number of rotatable bonds is 5. The van der Waals surface area contributed by atoms with Crippen LogP contribution < -0.4 is 0 Å². The van der Waals surface area contributed by atoms with Gasteiger partial charge in [-0.25, -0.2) is 19.9 Å². The zero-order chi connectivity index (χ0) is 33.7. The molecule has 0 saturated carbocycles. The van der Waals surface area contributed by atoms with Crippen molar-refractivity contribution in [3.8, 4) is 51.2 Å². The summed E-state index contributed by atoms with van der Waals surface area (Å²) in [5, 5.41) is 7.13. The van der Waals surface area contributed by atoms with E-state index in [4.69, 9.17) is 19.9 Å². The molecule has 0 fully saturated rings. The van der Waals surface area contributed by atoms with Crippen molar-refractivity contribution in [3.63, 3.8) is 0 Å². The first-order valence-electron chi connectivity index (χ1n) is 17.1. The maximum atomic E-state index is 5.25. The van der Waals surface area contributed by atoms with E-state index in [0.29, 0.717) is 17.5 Å². The Labute approximate surface area is 294 Å². The summed E-state index contributed by atoms with van der Waals surface area (Å²) in [4.78, 5) is 20.6. The van der Waals surface area contributed by atoms with Gasteiger partial charge in [0, 0.05) is 33.3 Å². The lowest BCUT2D eigenvalue weighted by Gasteiger charge is -2.15. The second-order valence-electron chi connectivity index (χ2n) is 12.7. The average molecular weight is 652 g/mol. The van der Waals surface area contributed by atoms with Crippen LogP contribution in [-0.4, -0.2) is 24.5 Å². The molecular weight excluding hydrogens is 623 g/mol. The summed E-state index contributed by atoms with van der Waals surface area (Å²) >= 11 is 0. The van der Waals surface area contributed by atoms with Crippen LogP contribution >= 0.6 is 0 Å². The van der Waals surface area contributed by atoms with Crippen LogP contribution in [0.2, 0.25) is 0 Å². The van der Waals surface area contributed by atoms with E-state index in [1.807, 2.05) is 42.5 Å². The lowest BCUT2D eigenvalue weighted by molar-refractivity contribution is 1.07. The number of para-hydroxylation sites is 3. The summed E-state index contributed by atoms with van der Waals surface area (Å²) in [5.74, 6) is 2.71. The van der Waals surface area contributed by atoms with Gasteiger partial charge < -0.3 is 0 Å².